The van der Waals surface area contributed by atoms with Crippen molar-refractivity contribution in [2.24, 2.45) is 5.92 Å². The van der Waals surface area contributed by atoms with Gasteiger partial charge in [0.2, 0.25) is 5.91 Å². The Balaban J connectivity index is 0.000000450. The molecule has 0 bridgehead atoms. The highest BCUT2D eigenvalue weighted by Gasteiger charge is 2.43. The van der Waals surface area contributed by atoms with E-state index in [2.05, 4.69) is 38.2 Å². The number of aryl methyl sites for hydroxylation is 3. The van der Waals surface area contributed by atoms with E-state index in [1.54, 1.807) is 18.2 Å². The smallest absolute Gasteiger partial charge is 0.226 e. The van der Waals surface area contributed by atoms with Crippen LogP contribution in [-0.4, -0.2) is 49.0 Å². The minimum absolute atomic E-state index is 0.0296. The maximum atomic E-state index is 16.9. The van der Waals surface area contributed by atoms with Crippen molar-refractivity contribution in [3.63, 3.8) is 0 Å². The van der Waals surface area contributed by atoms with E-state index in [0.717, 1.165) is 83.4 Å². The SMILES string of the molecule is Cc1cc(CO)ns1.Cc1nc2c(F)c(-c3cccc(Cl)c3Cl)c(CCC#N)cc2c2c1cc(C1CCC(C)N1C(=O)C1CC1)n2C1CCNC1. The number of hydrogen-bond acceptors (Lipinski definition) is 7. The third-order valence-electron chi connectivity index (χ3n) is 10.5. The molecule has 0 spiro atoms. The maximum absolute atomic E-state index is 16.9. The third-order valence-corrected chi connectivity index (χ3v) is 12.0. The predicted octanol–water partition coefficient (Wildman–Crippen LogP) is 9.01. The topological polar surface area (TPSA) is 107 Å². The van der Waals surface area contributed by atoms with E-state index < -0.39 is 5.82 Å². The number of nitriles is 1. The van der Waals surface area contributed by atoms with Gasteiger partial charge in [0.25, 0.3) is 0 Å². The van der Waals surface area contributed by atoms with Crippen LogP contribution in [0.25, 0.3) is 32.9 Å². The number of aromatic nitrogens is 3. The van der Waals surface area contributed by atoms with Crippen LogP contribution in [0.3, 0.4) is 0 Å². The van der Waals surface area contributed by atoms with E-state index in [1.807, 2.05) is 26.0 Å². The van der Waals surface area contributed by atoms with Crippen LogP contribution in [0.4, 0.5) is 4.39 Å². The van der Waals surface area contributed by atoms with Gasteiger partial charge in [-0.3, -0.25) is 4.79 Å². The number of fused-ring (bicyclic) bond motifs is 3. The number of nitrogens with zero attached hydrogens (tertiary/aromatic N) is 5. The highest BCUT2D eigenvalue weighted by molar-refractivity contribution is 7.05. The van der Waals surface area contributed by atoms with Crippen LogP contribution >= 0.6 is 34.7 Å². The number of benzene rings is 2. The van der Waals surface area contributed by atoms with Crippen molar-refractivity contribution < 1.29 is 14.3 Å². The van der Waals surface area contributed by atoms with Crippen LogP contribution < -0.4 is 5.32 Å². The minimum atomic E-state index is -0.460. The van der Waals surface area contributed by atoms with E-state index in [9.17, 15) is 10.1 Å². The summed E-state index contributed by atoms with van der Waals surface area (Å²) in [6.07, 6.45) is 5.35. The zero-order valence-corrected chi connectivity index (χ0v) is 31.3. The number of rotatable bonds is 7. The van der Waals surface area contributed by atoms with Gasteiger partial charge in [0.05, 0.1) is 40.0 Å². The van der Waals surface area contributed by atoms with Gasteiger partial charge in [0.15, 0.2) is 5.82 Å². The summed E-state index contributed by atoms with van der Waals surface area (Å²) in [7, 11) is 0. The van der Waals surface area contributed by atoms with Crippen LogP contribution in [0.15, 0.2) is 36.4 Å². The van der Waals surface area contributed by atoms with E-state index >= 15 is 4.39 Å². The van der Waals surface area contributed by atoms with Crippen LogP contribution in [0.5, 0.6) is 0 Å². The molecular weight excluding hydrogens is 706 g/mol. The number of carbonyl (C=O) groups is 1. The zero-order valence-electron chi connectivity index (χ0n) is 29.0. The molecule has 8 nitrogen and oxygen atoms in total. The van der Waals surface area contributed by atoms with Crippen molar-refractivity contribution in [3.8, 4) is 17.2 Å². The first-order valence-electron chi connectivity index (χ1n) is 17.7. The van der Waals surface area contributed by atoms with E-state index in [1.165, 1.54) is 11.5 Å². The van der Waals surface area contributed by atoms with Gasteiger partial charge < -0.3 is 19.9 Å². The quantitative estimate of drug-likeness (QED) is 0.172. The fourth-order valence-corrected chi connectivity index (χ4v) is 8.83. The molecule has 12 heteroatoms. The second-order valence-corrected chi connectivity index (χ2v) is 15.8. The Hall–Kier alpha value is -3.59. The summed E-state index contributed by atoms with van der Waals surface area (Å²) in [5.74, 6) is -0.0470. The number of aliphatic hydroxyl groups is 1. The molecule has 1 saturated carbocycles. The molecule has 3 unspecified atom stereocenters. The number of halogens is 3. The summed E-state index contributed by atoms with van der Waals surface area (Å²) in [6.45, 7) is 7.82. The summed E-state index contributed by atoms with van der Waals surface area (Å²) in [6, 6.07) is 13.8. The van der Waals surface area contributed by atoms with Gasteiger partial charge in [0, 0.05) is 69.1 Å². The molecule has 3 aromatic heterocycles. The van der Waals surface area contributed by atoms with Gasteiger partial charge in [-0.15, -0.1) is 0 Å². The lowest BCUT2D eigenvalue weighted by molar-refractivity contribution is -0.135. The largest absolute Gasteiger partial charge is 0.390 e. The second kappa shape index (κ2) is 14.8. The molecule has 2 aliphatic heterocycles. The lowest BCUT2D eigenvalue weighted by Crippen LogP contribution is -2.37. The van der Waals surface area contributed by atoms with Crippen molar-refractivity contribution >= 4 is 62.4 Å². The fourth-order valence-electron chi connectivity index (χ4n) is 7.87. The first-order chi connectivity index (χ1) is 24.6. The molecule has 2 saturated heterocycles. The number of nitrogens with one attached hydrogen (secondary N) is 1. The Morgan fingerprint density at radius 1 is 1.14 bits per heavy atom. The number of pyridine rings is 1. The van der Waals surface area contributed by atoms with Crippen LogP contribution in [0.1, 0.15) is 85.1 Å². The molecule has 2 N–H and O–H groups in total. The summed E-state index contributed by atoms with van der Waals surface area (Å²) in [4.78, 5) is 21.7. The Labute approximate surface area is 311 Å². The van der Waals surface area contributed by atoms with Crippen molar-refractivity contribution in [1.82, 2.24) is 24.1 Å². The number of hydrogen-bond donors (Lipinski definition) is 2. The summed E-state index contributed by atoms with van der Waals surface area (Å²) in [5, 5.41) is 23.8. The predicted molar refractivity (Wildman–Crippen MR) is 202 cm³/mol. The summed E-state index contributed by atoms with van der Waals surface area (Å²) in [5.41, 5.74) is 5.38. The van der Waals surface area contributed by atoms with E-state index in [0.29, 0.717) is 28.1 Å². The molecule has 3 fully saturated rings. The molecule has 0 radical (unpaired) electrons. The number of amides is 1. The van der Waals surface area contributed by atoms with Gasteiger partial charge in [-0.1, -0.05) is 35.3 Å². The molecule has 51 heavy (non-hydrogen) atoms. The molecule has 5 heterocycles. The monoisotopic (exact) mass is 746 g/mol. The van der Waals surface area contributed by atoms with Gasteiger partial charge >= 0.3 is 0 Å². The van der Waals surface area contributed by atoms with Crippen molar-refractivity contribution in [1.29, 1.82) is 5.26 Å². The molecule has 1 aliphatic carbocycles. The summed E-state index contributed by atoms with van der Waals surface area (Å²) < 4.78 is 23.2. The minimum Gasteiger partial charge on any atom is -0.390 e. The molecule has 5 aromatic rings. The molecule has 2 aromatic carbocycles. The molecular formula is C39H41Cl2FN6O2S. The van der Waals surface area contributed by atoms with Gasteiger partial charge in [-0.2, -0.15) is 9.64 Å². The standard InChI is InChI=1S/C34H34Cl2FN5O.C5H7NOS/c1-18-8-11-27(41(18)34(43)20-9-10-20)28-16-24-19(2)40-32-25(33(24)42(28)22-12-14-39-17-22)15-21(5-4-13-38)29(31(32)37)23-6-3-7-26(35)30(23)36;1-4-2-5(3-7)6-8-4/h3,6-7,15-16,18,20,22,27,39H,4-5,8-12,14,17H2,1-2H3;2,7H,3H2,1H3. The van der Waals surface area contributed by atoms with Crippen molar-refractivity contribution in [2.45, 2.75) is 90.4 Å². The van der Waals surface area contributed by atoms with Crippen molar-refractivity contribution in [2.75, 3.05) is 13.1 Å². The Morgan fingerprint density at radius 2 is 1.94 bits per heavy atom. The molecule has 1 amide bonds. The lowest BCUT2D eigenvalue weighted by atomic mass is 9.93. The molecule has 3 aliphatic rings. The van der Waals surface area contributed by atoms with Crippen molar-refractivity contribution in [3.05, 3.63) is 79.8 Å². The van der Waals surface area contributed by atoms with Crippen LogP contribution in [-0.2, 0) is 17.8 Å². The van der Waals surface area contributed by atoms with Gasteiger partial charge in [0.1, 0.15) is 5.52 Å². The van der Waals surface area contributed by atoms with Gasteiger partial charge in [-0.25, -0.2) is 9.37 Å². The highest BCUT2D eigenvalue weighted by atomic mass is 35.5. The first-order valence-corrected chi connectivity index (χ1v) is 19.2. The first kappa shape index (κ1) is 35.8. The Kier molecular flexibility index (Phi) is 10.4. The number of likely N-dealkylation sites (tertiary alicyclic amines) is 1. The summed E-state index contributed by atoms with van der Waals surface area (Å²) >= 11 is 14.4. The van der Waals surface area contributed by atoms with Crippen LogP contribution in [0.2, 0.25) is 10.0 Å². The Bertz CT molecular complexity index is 2170. The van der Waals surface area contributed by atoms with E-state index in [-0.39, 0.29) is 53.5 Å². The molecule has 3 atom stereocenters. The third kappa shape index (κ3) is 6.75. The normalized spacial score (nSPS) is 20.2. The lowest BCUT2D eigenvalue weighted by Gasteiger charge is -2.31. The molecule has 266 valence electrons. The Morgan fingerprint density at radius 3 is 2.59 bits per heavy atom. The maximum Gasteiger partial charge on any atom is 0.226 e. The number of carbonyl (C=O) groups excluding carboxylic acids is 1. The average molecular weight is 748 g/mol. The van der Waals surface area contributed by atoms with Gasteiger partial charge in [-0.05, 0) is 107 Å². The second-order valence-electron chi connectivity index (χ2n) is 14.0. The molecule has 8 rings (SSSR count). The average Bonchev–Trinajstić information content (AvgIpc) is 3.43. The zero-order chi connectivity index (χ0) is 36.0. The number of aliphatic hydroxyl groups excluding tert-OH is 1. The highest BCUT2D eigenvalue weighted by Crippen LogP contribution is 2.47. The fraction of sp³-hybridized carbons (Fsp3) is 0.436. The van der Waals surface area contributed by atoms with Crippen LogP contribution in [0, 0.1) is 36.9 Å². The van der Waals surface area contributed by atoms with E-state index in [4.69, 9.17) is 33.3 Å².